The van der Waals surface area contributed by atoms with E-state index >= 15 is 0 Å². The minimum absolute atomic E-state index is 0.0431. The smallest absolute Gasteiger partial charge is 0.268 e. The van der Waals surface area contributed by atoms with Crippen molar-refractivity contribution in [2.45, 2.75) is 38.3 Å². The van der Waals surface area contributed by atoms with E-state index in [2.05, 4.69) is 37.6 Å². The molecule has 2 amide bonds. The van der Waals surface area contributed by atoms with Crippen LogP contribution in [0, 0.1) is 5.92 Å². The van der Waals surface area contributed by atoms with Crippen molar-refractivity contribution in [1.82, 2.24) is 20.2 Å². The number of hydrogen-bond donors (Lipinski definition) is 3. The first-order chi connectivity index (χ1) is 19.9. The van der Waals surface area contributed by atoms with Gasteiger partial charge in [0.25, 0.3) is 5.91 Å². The highest BCUT2D eigenvalue weighted by molar-refractivity contribution is 6.40. The van der Waals surface area contributed by atoms with Crippen molar-refractivity contribution in [3.63, 3.8) is 0 Å². The maximum Gasteiger partial charge on any atom is 0.268 e. The Hall–Kier alpha value is -3.44. The second kappa shape index (κ2) is 11.8. The van der Waals surface area contributed by atoms with Crippen LogP contribution < -0.4 is 20.3 Å². The Bertz CT molecular complexity index is 1470. The van der Waals surface area contributed by atoms with Crippen LogP contribution >= 0.6 is 23.2 Å². The first-order valence-electron chi connectivity index (χ1n) is 13.7. The number of hydrogen-bond acceptors (Lipinski definition) is 8. The van der Waals surface area contributed by atoms with E-state index in [-0.39, 0.29) is 42.0 Å². The summed E-state index contributed by atoms with van der Waals surface area (Å²) in [5.74, 6) is 0.119. The summed E-state index contributed by atoms with van der Waals surface area (Å²) in [6, 6.07) is 11.2. The van der Waals surface area contributed by atoms with Gasteiger partial charge in [-0.15, -0.1) is 0 Å². The number of carbonyl (C=O) groups is 2. The molecule has 2 unspecified atom stereocenters. The van der Waals surface area contributed by atoms with Crippen LogP contribution in [0.4, 0.5) is 17.3 Å². The maximum atomic E-state index is 13.2. The molecular formula is C29H30Cl2N6O4. The first-order valence-corrected chi connectivity index (χ1v) is 14.4. The highest BCUT2D eigenvalue weighted by Crippen LogP contribution is 2.37. The Morgan fingerprint density at radius 2 is 1.98 bits per heavy atom. The van der Waals surface area contributed by atoms with Crippen molar-refractivity contribution < 1.29 is 19.4 Å². The van der Waals surface area contributed by atoms with Crippen molar-refractivity contribution in [2.24, 2.45) is 5.92 Å². The third-order valence-electron chi connectivity index (χ3n) is 7.82. The van der Waals surface area contributed by atoms with Gasteiger partial charge in [0.15, 0.2) is 6.73 Å². The Kier molecular flexibility index (Phi) is 7.99. The molecule has 3 aliphatic rings. The molecule has 3 aromatic rings. The minimum Gasteiger partial charge on any atom is -0.455 e. The van der Waals surface area contributed by atoms with Gasteiger partial charge in [-0.1, -0.05) is 35.3 Å². The second-order valence-electron chi connectivity index (χ2n) is 10.6. The third kappa shape index (κ3) is 5.97. The molecule has 2 atom stereocenters. The summed E-state index contributed by atoms with van der Waals surface area (Å²) >= 11 is 12.6. The van der Waals surface area contributed by atoms with Gasteiger partial charge in [0, 0.05) is 44.0 Å². The fourth-order valence-corrected chi connectivity index (χ4v) is 6.22. The Labute approximate surface area is 247 Å². The monoisotopic (exact) mass is 596 g/mol. The molecule has 41 heavy (non-hydrogen) atoms. The number of aromatic nitrogens is 2. The van der Waals surface area contributed by atoms with Crippen LogP contribution in [0.5, 0.6) is 5.88 Å². The van der Waals surface area contributed by atoms with E-state index in [0.29, 0.717) is 41.1 Å². The second-order valence-corrected chi connectivity index (χ2v) is 11.4. The standard InChI is InChI=1S/C29H30Cl2N6O4/c30-23-2-1-3-24(31)25(23)37-16-41-27-22(28(37)40)14-33-29(35-27)34-20-6-4-17-8-10-36(15-19(17)12-20)11-9-32-26(39)18-5-7-21(38)13-18/h1-4,6,12,14,18,21,38H,5,7-11,13,15-16H2,(H,32,39)(H,33,34,35). The SMILES string of the molecule is O=C(NCCN1CCc2ccc(Nc3ncc4c(n3)OCN(c3c(Cl)cccc3Cl)C4=O)cc2C1)C1CCC(O)C1. The normalized spacial score (nSPS) is 20.3. The molecule has 2 aliphatic heterocycles. The summed E-state index contributed by atoms with van der Waals surface area (Å²) in [6.45, 7) is 2.96. The lowest BCUT2D eigenvalue weighted by molar-refractivity contribution is -0.125. The average molecular weight is 598 g/mol. The minimum atomic E-state index is -0.349. The Morgan fingerprint density at radius 3 is 2.76 bits per heavy atom. The van der Waals surface area contributed by atoms with Gasteiger partial charge in [-0.05, 0) is 61.1 Å². The van der Waals surface area contributed by atoms with E-state index in [9.17, 15) is 14.7 Å². The molecular weight excluding hydrogens is 567 g/mol. The van der Waals surface area contributed by atoms with Gasteiger partial charge in [-0.25, -0.2) is 4.98 Å². The maximum absolute atomic E-state index is 13.2. The molecule has 2 aromatic carbocycles. The number of aliphatic hydroxyl groups is 1. The number of ether oxygens (including phenoxy) is 1. The highest BCUT2D eigenvalue weighted by Gasteiger charge is 2.32. The van der Waals surface area contributed by atoms with Crippen molar-refractivity contribution in [3.05, 3.63) is 69.3 Å². The number of nitrogens with one attached hydrogen (secondary N) is 2. The topological polar surface area (TPSA) is 120 Å². The van der Waals surface area contributed by atoms with Gasteiger partial charge in [-0.3, -0.25) is 19.4 Å². The number of para-hydroxylation sites is 1. The molecule has 0 saturated heterocycles. The number of anilines is 3. The zero-order valence-corrected chi connectivity index (χ0v) is 23.8. The van der Waals surface area contributed by atoms with Crippen LogP contribution in [0.3, 0.4) is 0 Å². The molecule has 1 aliphatic carbocycles. The summed E-state index contributed by atoms with van der Waals surface area (Å²) in [7, 11) is 0. The first kappa shape index (κ1) is 27.7. The zero-order chi connectivity index (χ0) is 28.5. The molecule has 3 heterocycles. The van der Waals surface area contributed by atoms with E-state index < -0.39 is 0 Å². The molecule has 3 N–H and O–H groups in total. The van der Waals surface area contributed by atoms with Gasteiger partial charge in [0.1, 0.15) is 5.56 Å². The van der Waals surface area contributed by atoms with Crippen LogP contribution in [-0.4, -0.2) is 64.3 Å². The third-order valence-corrected chi connectivity index (χ3v) is 8.43. The lowest BCUT2D eigenvalue weighted by atomic mass is 9.99. The van der Waals surface area contributed by atoms with Crippen LogP contribution in [0.1, 0.15) is 40.7 Å². The number of benzene rings is 2. The summed E-state index contributed by atoms with van der Waals surface area (Å²) in [4.78, 5) is 38.0. The number of fused-ring (bicyclic) bond motifs is 2. The van der Waals surface area contributed by atoms with Crippen molar-refractivity contribution in [2.75, 3.05) is 36.6 Å². The summed E-state index contributed by atoms with van der Waals surface area (Å²) in [5.41, 5.74) is 3.91. The number of rotatable bonds is 7. The molecule has 1 fully saturated rings. The molecule has 0 bridgehead atoms. The quantitative estimate of drug-likeness (QED) is 0.372. The Morgan fingerprint density at radius 1 is 1.15 bits per heavy atom. The molecule has 1 aromatic heterocycles. The van der Waals surface area contributed by atoms with Crippen molar-refractivity contribution in [1.29, 1.82) is 0 Å². The van der Waals surface area contributed by atoms with E-state index in [1.807, 2.05) is 6.07 Å². The summed E-state index contributed by atoms with van der Waals surface area (Å²) < 4.78 is 5.79. The van der Waals surface area contributed by atoms with E-state index in [4.69, 9.17) is 27.9 Å². The largest absolute Gasteiger partial charge is 0.455 e. The summed E-state index contributed by atoms with van der Waals surface area (Å²) in [6.07, 6.45) is 4.03. The molecule has 214 valence electrons. The lowest BCUT2D eigenvalue weighted by Crippen LogP contribution is -2.39. The van der Waals surface area contributed by atoms with Gasteiger partial charge >= 0.3 is 0 Å². The highest BCUT2D eigenvalue weighted by atomic mass is 35.5. The van der Waals surface area contributed by atoms with Crippen LogP contribution in [0.15, 0.2) is 42.6 Å². The van der Waals surface area contributed by atoms with Crippen LogP contribution in [-0.2, 0) is 17.8 Å². The molecule has 0 spiro atoms. The van der Waals surface area contributed by atoms with Crippen LogP contribution in [0.25, 0.3) is 0 Å². The van der Waals surface area contributed by atoms with Gasteiger partial charge in [0.05, 0.1) is 21.8 Å². The van der Waals surface area contributed by atoms with Gasteiger partial charge in [-0.2, -0.15) is 4.98 Å². The molecule has 0 radical (unpaired) electrons. The zero-order valence-electron chi connectivity index (χ0n) is 22.3. The molecule has 1 saturated carbocycles. The number of aliphatic hydroxyl groups excluding tert-OH is 1. The van der Waals surface area contributed by atoms with E-state index in [1.54, 1.807) is 18.2 Å². The van der Waals surface area contributed by atoms with Crippen LogP contribution in [0.2, 0.25) is 10.0 Å². The lowest BCUT2D eigenvalue weighted by Gasteiger charge is -2.29. The van der Waals surface area contributed by atoms with Crippen molar-refractivity contribution in [3.8, 4) is 5.88 Å². The average Bonchev–Trinajstić information content (AvgIpc) is 3.40. The number of carbonyl (C=O) groups excluding carboxylic acids is 2. The van der Waals surface area contributed by atoms with E-state index in [0.717, 1.165) is 38.2 Å². The predicted molar refractivity (Wildman–Crippen MR) is 156 cm³/mol. The fraction of sp³-hybridized carbons (Fsp3) is 0.379. The number of nitrogens with zero attached hydrogens (tertiary/aromatic N) is 4. The summed E-state index contributed by atoms with van der Waals surface area (Å²) in [5, 5.41) is 16.6. The Balaban J connectivity index is 1.08. The van der Waals surface area contributed by atoms with Crippen molar-refractivity contribution >= 4 is 52.3 Å². The van der Waals surface area contributed by atoms with E-state index in [1.165, 1.54) is 22.2 Å². The molecule has 6 rings (SSSR count). The van der Waals surface area contributed by atoms with Gasteiger partial charge < -0.3 is 20.5 Å². The molecule has 12 heteroatoms. The number of halogens is 2. The number of amides is 2. The van der Waals surface area contributed by atoms with Gasteiger partial charge in [0.2, 0.25) is 17.7 Å². The fourth-order valence-electron chi connectivity index (χ4n) is 5.62. The predicted octanol–water partition coefficient (Wildman–Crippen LogP) is 4.16. The molecule has 10 nitrogen and oxygen atoms in total.